The van der Waals surface area contributed by atoms with E-state index in [0.29, 0.717) is 13.2 Å². The largest absolute Gasteiger partial charge is 0.494 e. The zero-order chi connectivity index (χ0) is 12.8. The third kappa shape index (κ3) is 4.55. The van der Waals surface area contributed by atoms with Crippen molar-refractivity contribution in [2.24, 2.45) is 0 Å². The van der Waals surface area contributed by atoms with Crippen molar-refractivity contribution < 1.29 is 14.6 Å². The van der Waals surface area contributed by atoms with Gasteiger partial charge in [0.05, 0.1) is 6.61 Å². The molecule has 18 heavy (non-hydrogen) atoms. The maximum atomic E-state index is 10.9. The number of halogens is 1. The Hall–Kier alpha value is -1.26. The zero-order valence-electron chi connectivity index (χ0n) is 10.9. The molecule has 0 fully saturated rings. The summed E-state index contributed by atoms with van der Waals surface area (Å²) in [5.74, 6) is 0.000768. The molecule has 0 bridgehead atoms. The van der Waals surface area contributed by atoms with Crippen LogP contribution in [0, 0.1) is 0 Å². The van der Waals surface area contributed by atoms with Crippen LogP contribution in [0.1, 0.15) is 19.4 Å². The summed E-state index contributed by atoms with van der Waals surface area (Å²) < 4.78 is 5.50. The second-order valence-electron chi connectivity index (χ2n) is 3.97. The van der Waals surface area contributed by atoms with Crippen molar-refractivity contribution in [1.29, 1.82) is 0 Å². The molecule has 1 aromatic rings. The Morgan fingerprint density at radius 2 is 2.06 bits per heavy atom. The maximum absolute atomic E-state index is 10.9. The van der Waals surface area contributed by atoms with Gasteiger partial charge in [-0.25, -0.2) is 0 Å². The van der Waals surface area contributed by atoms with Gasteiger partial charge in [0.1, 0.15) is 11.8 Å². The minimum Gasteiger partial charge on any atom is -0.494 e. The van der Waals surface area contributed by atoms with Crippen molar-refractivity contribution >= 4 is 18.4 Å². The van der Waals surface area contributed by atoms with Gasteiger partial charge in [-0.05, 0) is 27.0 Å². The fourth-order valence-electron chi connectivity index (χ4n) is 1.52. The van der Waals surface area contributed by atoms with E-state index in [9.17, 15) is 4.79 Å². The van der Waals surface area contributed by atoms with Gasteiger partial charge in [0.2, 0.25) is 0 Å². The molecule has 0 saturated heterocycles. The number of benzene rings is 1. The van der Waals surface area contributed by atoms with Crippen LogP contribution in [0.5, 0.6) is 5.75 Å². The summed E-state index contributed by atoms with van der Waals surface area (Å²) in [5.41, 5.74) is 1.00. The molecule has 0 radical (unpaired) electrons. The Balaban J connectivity index is 0.00000289. The van der Waals surface area contributed by atoms with Crippen LogP contribution in [-0.4, -0.2) is 35.7 Å². The van der Waals surface area contributed by atoms with Crippen LogP contribution in [0.25, 0.3) is 0 Å². The molecular weight excluding hydrogens is 254 g/mol. The van der Waals surface area contributed by atoms with Crippen LogP contribution in [0.2, 0.25) is 0 Å². The quantitative estimate of drug-likeness (QED) is 0.865. The Morgan fingerprint density at radius 1 is 1.44 bits per heavy atom. The first-order valence-corrected chi connectivity index (χ1v) is 5.70. The van der Waals surface area contributed by atoms with E-state index in [-0.39, 0.29) is 12.4 Å². The number of carboxylic acid groups (broad SMARTS) is 1. The molecule has 0 spiro atoms. The van der Waals surface area contributed by atoms with E-state index in [0.717, 1.165) is 11.3 Å². The van der Waals surface area contributed by atoms with Gasteiger partial charge >= 0.3 is 5.97 Å². The average Bonchev–Trinajstić information content (AvgIpc) is 2.30. The molecular formula is C13H20ClNO3. The summed E-state index contributed by atoms with van der Waals surface area (Å²) in [7, 11) is 1.79. The molecule has 1 rings (SSSR count). The van der Waals surface area contributed by atoms with Gasteiger partial charge in [-0.1, -0.05) is 18.2 Å². The number of hydrogen-bond donors (Lipinski definition) is 1. The van der Waals surface area contributed by atoms with Crippen molar-refractivity contribution in [3.63, 3.8) is 0 Å². The number of carboxylic acids is 1. The van der Waals surface area contributed by atoms with Gasteiger partial charge in [0, 0.05) is 12.1 Å². The van der Waals surface area contributed by atoms with Gasteiger partial charge in [0.15, 0.2) is 0 Å². The average molecular weight is 274 g/mol. The molecule has 1 unspecified atom stereocenters. The van der Waals surface area contributed by atoms with Gasteiger partial charge in [-0.3, -0.25) is 9.69 Å². The van der Waals surface area contributed by atoms with Crippen LogP contribution in [0.4, 0.5) is 0 Å². The van der Waals surface area contributed by atoms with Crippen LogP contribution in [-0.2, 0) is 11.3 Å². The Bertz CT molecular complexity index is 384. The van der Waals surface area contributed by atoms with Crippen LogP contribution < -0.4 is 4.74 Å². The third-order valence-electron chi connectivity index (χ3n) is 2.71. The van der Waals surface area contributed by atoms with Gasteiger partial charge in [-0.2, -0.15) is 0 Å². The lowest BCUT2D eigenvalue weighted by Crippen LogP contribution is -2.35. The Kier molecular flexibility index (Phi) is 7.39. The lowest BCUT2D eigenvalue weighted by atomic mass is 10.1. The molecule has 0 aliphatic rings. The minimum atomic E-state index is -0.818. The first-order chi connectivity index (χ1) is 8.06. The molecule has 0 saturated carbocycles. The van der Waals surface area contributed by atoms with Crippen molar-refractivity contribution in [3.8, 4) is 5.75 Å². The van der Waals surface area contributed by atoms with E-state index < -0.39 is 12.0 Å². The summed E-state index contributed by atoms with van der Waals surface area (Å²) in [6.45, 7) is 4.77. The van der Waals surface area contributed by atoms with Crippen LogP contribution >= 0.6 is 12.4 Å². The number of nitrogens with zero attached hydrogens (tertiary/aromatic N) is 1. The zero-order valence-corrected chi connectivity index (χ0v) is 11.7. The minimum absolute atomic E-state index is 0. The van der Waals surface area contributed by atoms with Crippen molar-refractivity contribution in [2.45, 2.75) is 26.4 Å². The lowest BCUT2D eigenvalue weighted by Gasteiger charge is -2.22. The summed E-state index contributed by atoms with van der Waals surface area (Å²) in [6.07, 6.45) is 0. The first kappa shape index (κ1) is 16.7. The highest BCUT2D eigenvalue weighted by Crippen LogP contribution is 2.20. The Morgan fingerprint density at radius 3 is 2.61 bits per heavy atom. The smallest absolute Gasteiger partial charge is 0.320 e. The van der Waals surface area contributed by atoms with Crippen LogP contribution in [0.3, 0.4) is 0 Å². The molecule has 4 nitrogen and oxygen atoms in total. The van der Waals surface area contributed by atoms with E-state index in [4.69, 9.17) is 9.84 Å². The SMILES string of the molecule is CCOc1ccccc1CN(C)C(C)C(=O)O.Cl. The predicted molar refractivity (Wildman–Crippen MR) is 73.4 cm³/mol. The van der Waals surface area contributed by atoms with E-state index >= 15 is 0 Å². The standard InChI is InChI=1S/C13H19NO3.ClH/c1-4-17-12-8-6-5-7-11(12)9-14(3)10(2)13(15)16;/h5-8,10H,4,9H2,1-3H3,(H,15,16);1H. The number of para-hydroxylation sites is 1. The molecule has 5 heteroatoms. The summed E-state index contributed by atoms with van der Waals surface area (Å²) in [5, 5.41) is 8.93. The van der Waals surface area contributed by atoms with Gasteiger partial charge in [-0.15, -0.1) is 12.4 Å². The maximum Gasteiger partial charge on any atom is 0.320 e. The first-order valence-electron chi connectivity index (χ1n) is 5.70. The molecule has 1 atom stereocenters. The molecule has 0 aromatic heterocycles. The second-order valence-corrected chi connectivity index (χ2v) is 3.97. The molecule has 0 amide bonds. The van der Waals surface area contributed by atoms with E-state index in [1.54, 1.807) is 18.9 Å². The third-order valence-corrected chi connectivity index (χ3v) is 2.71. The topological polar surface area (TPSA) is 49.8 Å². The van der Waals surface area contributed by atoms with Crippen molar-refractivity contribution in [2.75, 3.05) is 13.7 Å². The molecule has 0 aliphatic heterocycles. The second kappa shape index (κ2) is 7.95. The number of rotatable bonds is 6. The molecule has 1 N–H and O–H groups in total. The summed E-state index contributed by atoms with van der Waals surface area (Å²) >= 11 is 0. The van der Waals surface area contributed by atoms with E-state index in [1.807, 2.05) is 31.2 Å². The number of carbonyl (C=O) groups is 1. The molecule has 0 heterocycles. The highest BCUT2D eigenvalue weighted by atomic mass is 35.5. The summed E-state index contributed by atoms with van der Waals surface area (Å²) in [6, 6.07) is 7.19. The lowest BCUT2D eigenvalue weighted by molar-refractivity contribution is -0.142. The number of ether oxygens (including phenoxy) is 1. The molecule has 1 aromatic carbocycles. The van der Waals surface area contributed by atoms with Gasteiger partial charge < -0.3 is 9.84 Å². The monoisotopic (exact) mass is 273 g/mol. The highest BCUT2D eigenvalue weighted by Gasteiger charge is 2.17. The predicted octanol–water partition coefficient (Wildman–Crippen LogP) is 2.41. The normalized spacial score (nSPS) is 11.8. The highest BCUT2D eigenvalue weighted by molar-refractivity contribution is 5.85. The molecule has 102 valence electrons. The number of likely N-dealkylation sites (N-methyl/N-ethyl adjacent to an activating group) is 1. The number of aliphatic carboxylic acids is 1. The molecule has 0 aliphatic carbocycles. The van der Waals surface area contributed by atoms with Gasteiger partial charge in [0.25, 0.3) is 0 Å². The Labute approximate surface area is 114 Å². The van der Waals surface area contributed by atoms with Crippen LogP contribution in [0.15, 0.2) is 24.3 Å². The van der Waals surface area contributed by atoms with E-state index in [1.165, 1.54) is 0 Å². The summed E-state index contributed by atoms with van der Waals surface area (Å²) in [4.78, 5) is 12.6. The number of hydrogen-bond acceptors (Lipinski definition) is 3. The van der Waals surface area contributed by atoms with E-state index in [2.05, 4.69) is 0 Å². The van der Waals surface area contributed by atoms with Crippen molar-refractivity contribution in [3.05, 3.63) is 29.8 Å². The fraction of sp³-hybridized carbons (Fsp3) is 0.462. The van der Waals surface area contributed by atoms with Crippen molar-refractivity contribution in [1.82, 2.24) is 4.90 Å². The fourth-order valence-corrected chi connectivity index (χ4v) is 1.52.